The van der Waals surface area contributed by atoms with Gasteiger partial charge in [0.15, 0.2) is 0 Å². The van der Waals surface area contributed by atoms with E-state index in [1.54, 1.807) is 17.1 Å². The van der Waals surface area contributed by atoms with E-state index in [-0.39, 0.29) is 37.5 Å². The van der Waals surface area contributed by atoms with Crippen molar-refractivity contribution >= 4 is 23.1 Å². The first-order chi connectivity index (χ1) is 16.0. The molecule has 4 heterocycles. The lowest BCUT2D eigenvalue weighted by Gasteiger charge is -2.38. The molecule has 0 aliphatic carbocycles. The van der Waals surface area contributed by atoms with Gasteiger partial charge in [0.05, 0.1) is 35.5 Å². The molecule has 1 amide bonds. The molecule has 4 rings (SSSR count). The fourth-order valence-corrected chi connectivity index (χ4v) is 4.12. The van der Waals surface area contributed by atoms with Gasteiger partial charge in [0.2, 0.25) is 5.91 Å². The minimum absolute atomic E-state index is 0. The van der Waals surface area contributed by atoms with Crippen molar-refractivity contribution in [2.24, 2.45) is 5.92 Å². The van der Waals surface area contributed by atoms with Crippen LogP contribution in [-0.2, 0) is 24.1 Å². The maximum atomic E-state index is 12.9. The third-order valence-electron chi connectivity index (χ3n) is 5.71. The Morgan fingerprint density at radius 1 is 1.23 bits per heavy atom. The van der Waals surface area contributed by atoms with Gasteiger partial charge in [-0.05, 0) is 25.0 Å². The number of amides is 1. The van der Waals surface area contributed by atoms with Crippen molar-refractivity contribution in [2.75, 3.05) is 22.6 Å². The number of carbonyl (C=O) groups is 1. The van der Waals surface area contributed by atoms with E-state index in [9.17, 15) is 18.0 Å². The average molecular weight is 490 g/mol. The number of anilines is 3. The van der Waals surface area contributed by atoms with E-state index in [0.29, 0.717) is 23.7 Å². The van der Waals surface area contributed by atoms with Gasteiger partial charge in [-0.1, -0.05) is 27.3 Å². The molecule has 0 saturated heterocycles. The van der Waals surface area contributed by atoms with Crippen LogP contribution in [-0.4, -0.2) is 38.7 Å². The zero-order valence-electron chi connectivity index (χ0n) is 19.3. The number of nitrogens with one attached hydrogen (secondary N) is 2. The predicted octanol–water partition coefficient (Wildman–Crippen LogP) is 4.71. The molecule has 2 N–H and O–H groups in total. The van der Waals surface area contributed by atoms with Gasteiger partial charge in [0.1, 0.15) is 17.6 Å². The summed E-state index contributed by atoms with van der Waals surface area (Å²) in [6.45, 7) is 6.40. The summed E-state index contributed by atoms with van der Waals surface area (Å²) < 4.78 is 40.2. The van der Waals surface area contributed by atoms with Gasteiger partial charge in [-0.3, -0.25) is 9.48 Å². The summed E-state index contributed by atoms with van der Waals surface area (Å²) in [6, 6.07) is 5.44. The van der Waals surface area contributed by atoms with Crippen LogP contribution in [0.5, 0.6) is 0 Å². The molecule has 3 aromatic rings. The second kappa shape index (κ2) is 9.93. The Kier molecular flexibility index (Phi) is 7.37. The molecule has 0 unspecified atom stereocenters. The van der Waals surface area contributed by atoms with Crippen LogP contribution in [0.1, 0.15) is 43.9 Å². The highest BCUT2D eigenvalue weighted by molar-refractivity contribution is 6.04. The maximum absolute atomic E-state index is 12.9. The van der Waals surface area contributed by atoms with Crippen LogP contribution < -0.4 is 15.5 Å². The summed E-state index contributed by atoms with van der Waals surface area (Å²) in [5, 5.41) is 10.5. The zero-order chi connectivity index (χ0) is 24.6. The van der Waals surface area contributed by atoms with E-state index in [2.05, 4.69) is 25.7 Å². The first-order valence-electron chi connectivity index (χ1n) is 10.9. The summed E-state index contributed by atoms with van der Waals surface area (Å²) in [6.07, 6.45) is -1.09. The lowest BCUT2D eigenvalue weighted by atomic mass is 9.98. The molecule has 0 saturated carbocycles. The number of hydrogen-bond acceptors (Lipinski definition) is 6. The van der Waals surface area contributed by atoms with Crippen molar-refractivity contribution in [2.45, 2.75) is 53.5 Å². The number of aromatic nitrogens is 4. The molecule has 11 heteroatoms. The van der Waals surface area contributed by atoms with Gasteiger partial charge < -0.3 is 15.5 Å². The smallest absolute Gasteiger partial charge is 0.366 e. The third-order valence-corrected chi connectivity index (χ3v) is 5.71. The van der Waals surface area contributed by atoms with Gasteiger partial charge in [-0.2, -0.15) is 18.3 Å². The van der Waals surface area contributed by atoms with E-state index in [0.717, 1.165) is 17.3 Å². The Bertz CT molecular complexity index is 1210. The van der Waals surface area contributed by atoms with Gasteiger partial charge in [0.25, 0.3) is 0 Å². The Morgan fingerprint density at radius 2 is 1.97 bits per heavy atom. The van der Waals surface area contributed by atoms with Gasteiger partial charge >= 0.3 is 6.18 Å². The second-order valence-electron chi connectivity index (χ2n) is 8.69. The molecule has 188 valence electrons. The number of pyridine rings is 2. The number of halogens is 3. The molecular weight excluding hydrogens is 459 g/mol. The molecule has 0 fully saturated rings. The van der Waals surface area contributed by atoms with Crippen LogP contribution in [0.2, 0.25) is 0 Å². The third kappa shape index (κ3) is 5.55. The van der Waals surface area contributed by atoms with Crippen molar-refractivity contribution < 1.29 is 18.0 Å². The number of alkyl halides is 3. The SMILES string of the molecule is C.Cc1nc(NCc2cnn(Cc3cccc(C(F)(F)F)n3)c2)cc2c1NC(=O)[C@H](C(C)C)N2C. The van der Waals surface area contributed by atoms with Crippen LogP contribution >= 0.6 is 0 Å². The summed E-state index contributed by atoms with van der Waals surface area (Å²) in [5.74, 6) is 0.743. The largest absolute Gasteiger partial charge is 0.433 e. The highest BCUT2D eigenvalue weighted by atomic mass is 19.4. The molecule has 1 aliphatic heterocycles. The summed E-state index contributed by atoms with van der Waals surface area (Å²) >= 11 is 0. The monoisotopic (exact) mass is 489 g/mol. The van der Waals surface area contributed by atoms with Crippen LogP contribution in [0.15, 0.2) is 36.7 Å². The van der Waals surface area contributed by atoms with Crippen molar-refractivity contribution in [1.29, 1.82) is 0 Å². The zero-order valence-corrected chi connectivity index (χ0v) is 19.3. The molecule has 1 atom stereocenters. The molecular formula is C24H30F3N7O. The number of carbonyl (C=O) groups excluding carboxylic acids is 1. The first kappa shape index (κ1) is 26.0. The summed E-state index contributed by atoms with van der Waals surface area (Å²) in [4.78, 5) is 22.7. The van der Waals surface area contributed by atoms with Crippen LogP contribution in [0.4, 0.5) is 30.4 Å². The summed E-state index contributed by atoms with van der Waals surface area (Å²) in [7, 11) is 1.90. The van der Waals surface area contributed by atoms with Crippen molar-refractivity contribution in [3.05, 3.63) is 59.3 Å². The first-order valence-corrected chi connectivity index (χ1v) is 10.9. The van der Waals surface area contributed by atoms with E-state index in [1.807, 2.05) is 38.8 Å². The van der Waals surface area contributed by atoms with Crippen LogP contribution in [0.3, 0.4) is 0 Å². The molecule has 0 bridgehead atoms. The number of aryl methyl sites for hydroxylation is 1. The van der Waals surface area contributed by atoms with Gasteiger partial charge in [0, 0.05) is 31.4 Å². The lowest BCUT2D eigenvalue weighted by molar-refractivity contribution is -0.141. The van der Waals surface area contributed by atoms with E-state index in [1.165, 1.54) is 12.1 Å². The topological polar surface area (TPSA) is 88.0 Å². The number of rotatable bonds is 6. The van der Waals surface area contributed by atoms with Crippen LogP contribution in [0, 0.1) is 12.8 Å². The van der Waals surface area contributed by atoms with Crippen molar-refractivity contribution in [3.63, 3.8) is 0 Å². The normalized spacial score (nSPS) is 15.5. The Morgan fingerprint density at radius 3 is 2.66 bits per heavy atom. The maximum Gasteiger partial charge on any atom is 0.433 e. The van der Waals surface area contributed by atoms with E-state index in [4.69, 9.17) is 0 Å². The quantitative estimate of drug-likeness (QED) is 0.522. The molecule has 0 spiro atoms. The Balaban J connectivity index is 0.00000342. The fourth-order valence-electron chi connectivity index (χ4n) is 4.12. The standard InChI is InChI=1S/C23H26F3N7O.CH4/c1-13(2)21-22(34)31-20-14(3)29-19(8-17(20)32(21)4)27-9-15-10-28-33(11-15)12-16-6-5-7-18(30-16)23(24,25)26;/h5-8,10-11,13,21H,9,12H2,1-4H3,(H,27,29)(H,31,34);1H4/t21-;/m0./s1. The minimum atomic E-state index is -4.48. The molecule has 0 aromatic carbocycles. The number of nitrogens with zero attached hydrogens (tertiary/aromatic N) is 5. The number of hydrogen-bond donors (Lipinski definition) is 2. The molecule has 8 nitrogen and oxygen atoms in total. The number of likely N-dealkylation sites (N-methyl/N-ethyl adjacent to an activating group) is 1. The predicted molar refractivity (Wildman–Crippen MR) is 129 cm³/mol. The molecule has 0 radical (unpaired) electrons. The minimum Gasteiger partial charge on any atom is -0.366 e. The Labute approximate surface area is 202 Å². The van der Waals surface area contributed by atoms with Crippen molar-refractivity contribution in [1.82, 2.24) is 19.7 Å². The second-order valence-corrected chi connectivity index (χ2v) is 8.69. The average Bonchev–Trinajstić information content (AvgIpc) is 3.20. The fraction of sp³-hybridized carbons (Fsp3) is 0.417. The molecule has 3 aromatic heterocycles. The van der Waals surface area contributed by atoms with Gasteiger partial charge in [-0.15, -0.1) is 0 Å². The lowest BCUT2D eigenvalue weighted by Crippen LogP contribution is -2.49. The highest BCUT2D eigenvalue weighted by Gasteiger charge is 2.34. The van der Waals surface area contributed by atoms with Crippen LogP contribution in [0.25, 0.3) is 0 Å². The van der Waals surface area contributed by atoms with E-state index < -0.39 is 11.9 Å². The highest BCUT2D eigenvalue weighted by Crippen LogP contribution is 2.36. The summed E-state index contributed by atoms with van der Waals surface area (Å²) in [5.41, 5.74) is 2.48. The Hall–Kier alpha value is -3.63. The van der Waals surface area contributed by atoms with E-state index >= 15 is 0 Å². The molecule has 1 aliphatic rings. The molecule has 35 heavy (non-hydrogen) atoms. The number of fused-ring (bicyclic) bond motifs is 1. The van der Waals surface area contributed by atoms with Crippen molar-refractivity contribution in [3.8, 4) is 0 Å². The van der Waals surface area contributed by atoms with Gasteiger partial charge in [-0.25, -0.2) is 9.97 Å².